The molecule has 2 rings (SSSR count). The van der Waals surface area contributed by atoms with Crippen LogP contribution in [0.25, 0.3) is 0 Å². The van der Waals surface area contributed by atoms with Crippen LogP contribution in [0.3, 0.4) is 0 Å². The van der Waals surface area contributed by atoms with Crippen LogP contribution < -0.4 is 10.6 Å². The van der Waals surface area contributed by atoms with Crippen LogP contribution in [0.15, 0.2) is 42.5 Å². The number of aryl methyl sites for hydroxylation is 1. The molecule has 0 aliphatic rings. The quantitative estimate of drug-likeness (QED) is 0.830. The highest BCUT2D eigenvalue weighted by atomic mass is 35.5. The van der Waals surface area contributed by atoms with E-state index in [-0.39, 0.29) is 12.5 Å². The maximum atomic E-state index is 12.1. The van der Waals surface area contributed by atoms with Gasteiger partial charge in [-0.2, -0.15) is 0 Å². The van der Waals surface area contributed by atoms with Gasteiger partial charge >= 0.3 is 0 Å². The molecule has 0 aliphatic carbocycles. The highest BCUT2D eigenvalue weighted by molar-refractivity contribution is 6.30. The van der Waals surface area contributed by atoms with E-state index >= 15 is 0 Å². The maximum Gasteiger partial charge on any atom is 0.243 e. The predicted molar refractivity (Wildman–Crippen MR) is 93.8 cm³/mol. The van der Waals surface area contributed by atoms with Gasteiger partial charge in [0.25, 0.3) is 0 Å². The Balaban J connectivity index is 1.99. The lowest BCUT2D eigenvalue weighted by Crippen LogP contribution is -2.22. The van der Waals surface area contributed by atoms with E-state index in [1.165, 1.54) is 0 Å². The summed E-state index contributed by atoms with van der Waals surface area (Å²) in [7, 11) is 0. The molecule has 0 atom stereocenters. The molecule has 4 heteroatoms. The van der Waals surface area contributed by atoms with Crippen molar-refractivity contribution in [3.63, 3.8) is 0 Å². The van der Waals surface area contributed by atoms with Crippen LogP contribution in [0.5, 0.6) is 0 Å². The Hall–Kier alpha value is -2.00. The molecular weight excluding hydrogens is 296 g/mol. The molecule has 0 bridgehead atoms. The molecule has 0 saturated heterocycles. The average molecular weight is 317 g/mol. The molecule has 3 nitrogen and oxygen atoms in total. The normalized spacial score (nSPS) is 10.6. The van der Waals surface area contributed by atoms with Crippen LogP contribution in [-0.2, 0) is 4.79 Å². The first-order valence-corrected chi connectivity index (χ1v) is 7.74. The van der Waals surface area contributed by atoms with Crippen LogP contribution in [-0.4, -0.2) is 12.5 Å². The Labute approximate surface area is 136 Å². The Bertz CT molecular complexity index is 668. The molecule has 22 heavy (non-hydrogen) atoms. The van der Waals surface area contributed by atoms with Crippen LogP contribution in [0.4, 0.5) is 11.4 Å². The third kappa shape index (κ3) is 4.25. The zero-order valence-corrected chi connectivity index (χ0v) is 13.9. The standard InChI is InChI=1S/C18H21ClN2O/c1-12(2)15-6-4-5-7-17(15)21-18(22)11-20-16-9-8-14(19)10-13(16)3/h4-10,12,20H,11H2,1-3H3,(H,21,22). The van der Waals surface area contributed by atoms with Gasteiger partial charge in [-0.15, -0.1) is 0 Å². The van der Waals surface area contributed by atoms with E-state index in [9.17, 15) is 4.79 Å². The maximum absolute atomic E-state index is 12.1. The summed E-state index contributed by atoms with van der Waals surface area (Å²) in [4.78, 5) is 12.1. The Morgan fingerprint density at radius 3 is 2.55 bits per heavy atom. The predicted octanol–water partition coefficient (Wildman–Crippen LogP) is 4.82. The van der Waals surface area contributed by atoms with Gasteiger partial charge in [-0.3, -0.25) is 4.79 Å². The van der Waals surface area contributed by atoms with Gasteiger partial charge in [-0.05, 0) is 48.2 Å². The lowest BCUT2D eigenvalue weighted by molar-refractivity contribution is -0.114. The molecule has 2 aromatic rings. The van der Waals surface area contributed by atoms with Crippen molar-refractivity contribution in [3.05, 3.63) is 58.6 Å². The molecular formula is C18H21ClN2O. The summed E-state index contributed by atoms with van der Waals surface area (Å²) in [5.74, 6) is 0.297. The van der Waals surface area contributed by atoms with E-state index in [4.69, 9.17) is 11.6 Å². The molecule has 1 amide bonds. The Morgan fingerprint density at radius 2 is 1.86 bits per heavy atom. The van der Waals surface area contributed by atoms with E-state index in [1.807, 2.05) is 49.4 Å². The van der Waals surface area contributed by atoms with Crippen molar-refractivity contribution in [1.29, 1.82) is 0 Å². The number of hydrogen-bond acceptors (Lipinski definition) is 2. The van der Waals surface area contributed by atoms with Gasteiger partial charge in [0.15, 0.2) is 0 Å². The second kappa shape index (κ2) is 7.32. The minimum absolute atomic E-state index is 0.0672. The van der Waals surface area contributed by atoms with Gasteiger partial charge in [0, 0.05) is 16.4 Å². The van der Waals surface area contributed by atoms with Crippen LogP contribution >= 0.6 is 11.6 Å². The van der Waals surface area contributed by atoms with E-state index in [0.29, 0.717) is 10.9 Å². The Kier molecular flexibility index (Phi) is 5.45. The first-order chi connectivity index (χ1) is 10.5. The van der Waals surface area contributed by atoms with Gasteiger partial charge in [0.05, 0.1) is 6.54 Å². The third-order valence-electron chi connectivity index (χ3n) is 3.48. The second-order valence-corrected chi connectivity index (χ2v) is 6.04. The molecule has 2 aromatic carbocycles. The highest BCUT2D eigenvalue weighted by Crippen LogP contribution is 2.24. The van der Waals surface area contributed by atoms with Crippen molar-refractivity contribution in [2.24, 2.45) is 0 Å². The number of halogens is 1. The second-order valence-electron chi connectivity index (χ2n) is 5.60. The van der Waals surface area contributed by atoms with E-state index in [1.54, 1.807) is 0 Å². The largest absolute Gasteiger partial charge is 0.376 e. The smallest absolute Gasteiger partial charge is 0.243 e. The van der Waals surface area contributed by atoms with Crippen molar-refractivity contribution in [1.82, 2.24) is 0 Å². The zero-order chi connectivity index (χ0) is 16.1. The van der Waals surface area contributed by atoms with Crippen molar-refractivity contribution >= 4 is 28.9 Å². The zero-order valence-electron chi connectivity index (χ0n) is 13.1. The fourth-order valence-corrected chi connectivity index (χ4v) is 2.54. The molecule has 0 unspecified atom stereocenters. The summed E-state index contributed by atoms with van der Waals surface area (Å²) in [6.45, 7) is 6.40. The molecule has 0 aliphatic heterocycles. The minimum atomic E-state index is -0.0672. The lowest BCUT2D eigenvalue weighted by Gasteiger charge is -2.14. The number of nitrogens with one attached hydrogen (secondary N) is 2. The number of para-hydroxylation sites is 1. The van der Waals surface area contributed by atoms with E-state index in [2.05, 4.69) is 24.5 Å². The van der Waals surface area contributed by atoms with Crippen molar-refractivity contribution in [3.8, 4) is 0 Å². The topological polar surface area (TPSA) is 41.1 Å². The number of anilines is 2. The first kappa shape index (κ1) is 16.4. The molecule has 0 saturated carbocycles. The van der Waals surface area contributed by atoms with Crippen LogP contribution in [0, 0.1) is 6.92 Å². The third-order valence-corrected chi connectivity index (χ3v) is 3.72. The van der Waals surface area contributed by atoms with Gasteiger partial charge in [-0.1, -0.05) is 43.6 Å². The van der Waals surface area contributed by atoms with Crippen LogP contribution in [0.2, 0.25) is 5.02 Å². The highest BCUT2D eigenvalue weighted by Gasteiger charge is 2.09. The number of benzene rings is 2. The summed E-state index contributed by atoms with van der Waals surface area (Å²) in [6.07, 6.45) is 0. The van der Waals surface area contributed by atoms with E-state index < -0.39 is 0 Å². The molecule has 0 radical (unpaired) electrons. The van der Waals surface area contributed by atoms with Crippen LogP contribution in [0.1, 0.15) is 30.9 Å². The van der Waals surface area contributed by atoms with Gasteiger partial charge in [0.1, 0.15) is 0 Å². The lowest BCUT2D eigenvalue weighted by atomic mass is 10.0. The molecule has 116 valence electrons. The van der Waals surface area contributed by atoms with Gasteiger partial charge in [0.2, 0.25) is 5.91 Å². The monoisotopic (exact) mass is 316 g/mol. The summed E-state index contributed by atoms with van der Waals surface area (Å²) >= 11 is 5.93. The summed E-state index contributed by atoms with van der Waals surface area (Å²) in [5, 5.41) is 6.80. The van der Waals surface area contributed by atoms with Crippen molar-refractivity contribution in [2.75, 3.05) is 17.2 Å². The fraction of sp³-hybridized carbons (Fsp3) is 0.278. The Morgan fingerprint density at radius 1 is 1.14 bits per heavy atom. The molecule has 0 spiro atoms. The molecule has 0 heterocycles. The number of hydrogen-bond donors (Lipinski definition) is 2. The van der Waals surface area contributed by atoms with Crippen molar-refractivity contribution < 1.29 is 4.79 Å². The summed E-state index contributed by atoms with van der Waals surface area (Å²) in [5.41, 5.74) is 3.94. The SMILES string of the molecule is Cc1cc(Cl)ccc1NCC(=O)Nc1ccccc1C(C)C. The van der Waals surface area contributed by atoms with Crippen molar-refractivity contribution in [2.45, 2.75) is 26.7 Å². The molecule has 0 fully saturated rings. The van der Waals surface area contributed by atoms with Gasteiger partial charge < -0.3 is 10.6 Å². The average Bonchev–Trinajstić information content (AvgIpc) is 2.46. The number of carbonyl (C=O) groups is 1. The van der Waals surface area contributed by atoms with Gasteiger partial charge in [-0.25, -0.2) is 0 Å². The number of rotatable bonds is 5. The molecule has 0 aromatic heterocycles. The number of amides is 1. The fourth-order valence-electron chi connectivity index (χ4n) is 2.31. The minimum Gasteiger partial charge on any atom is -0.376 e. The molecule has 2 N–H and O–H groups in total. The number of carbonyl (C=O) groups excluding carboxylic acids is 1. The first-order valence-electron chi connectivity index (χ1n) is 7.36. The van der Waals surface area contributed by atoms with E-state index in [0.717, 1.165) is 22.5 Å². The summed E-state index contributed by atoms with van der Waals surface area (Å²) < 4.78 is 0. The summed E-state index contributed by atoms with van der Waals surface area (Å²) in [6, 6.07) is 13.4.